The standard InChI is InChI=1S/3C22H21BO2/c3*1-21(2)22(3,4)25-23(24-21)18-12-16-10-8-14-6-5-7-15-9-11-17(13-18)20(16)19(14)15/h3*5-13H,1-4H3. The molecule has 0 atom stereocenters. The molecule has 372 valence electrons. The lowest BCUT2D eigenvalue weighted by Gasteiger charge is -2.32. The Morgan fingerprint density at radius 3 is 0.533 bits per heavy atom. The van der Waals surface area contributed by atoms with Crippen LogP contribution in [0.2, 0.25) is 0 Å². The molecule has 0 amide bonds. The number of hydrogen-bond donors (Lipinski definition) is 0. The average Bonchev–Trinajstić information content (AvgIpc) is 3.86. The Kier molecular flexibility index (Phi) is 10.7. The van der Waals surface area contributed by atoms with Gasteiger partial charge in [-0.2, -0.15) is 0 Å². The van der Waals surface area contributed by atoms with E-state index < -0.39 is 0 Å². The predicted molar refractivity (Wildman–Crippen MR) is 318 cm³/mol. The first-order valence-electron chi connectivity index (χ1n) is 26.7. The Morgan fingerprint density at radius 2 is 0.360 bits per heavy atom. The first kappa shape index (κ1) is 48.4. The number of rotatable bonds is 3. The van der Waals surface area contributed by atoms with E-state index in [9.17, 15) is 0 Å². The minimum atomic E-state index is -0.327. The Hall–Kier alpha value is -6.29. The van der Waals surface area contributed by atoms with Gasteiger partial charge in [0.1, 0.15) is 0 Å². The molecule has 0 aromatic heterocycles. The van der Waals surface area contributed by atoms with Gasteiger partial charge in [0, 0.05) is 0 Å². The highest BCUT2D eigenvalue weighted by molar-refractivity contribution is 6.64. The van der Waals surface area contributed by atoms with E-state index in [1.54, 1.807) is 0 Å². The molecule has 3 heterocycles. The van der Waals surface area contributed by atoms with E-state index >= 15 is 0 Å². The second-order valence-corrected chi connectivity index (χ2v) is 24.4. The van der Waals surface area contributed by atoms with Crippen LogP contribution >= 0.6 is 0 Å². The molecule has 3 aliphatic rings. The quantitative estimate of drug-likeness (QED) is 0.130. The highest BCUT2D eigenvalue weighted by atomic mass is 16.7. The maximum absolute atomic E-state index is 6.26. The van der Waals surface area contributed by atoms with Crippen molar-refractivity contribution in [2.45, 2.75) is 117 Å². The van der Waals surface area contributed by atoms with Gasteiger partial charge in [0.2, 0.25) is 0 Å². The van der Waals surface area contributed by atoms with Crippen LogP contribution in [-0.4, -0.2) is 55.0 Å². The minimum Gasteiger partial charge on any atom is -0.399 e. The molecular weight excluding hydrogens is 921 g/mol. The Balaban J connectivity index is 0.000000108. The highest BCUT2D eigenvalue weighted by Crippen LogP contribution is 2.42. The van der Waals surface area contributed by atoms with E-state index in [2.05, 4.69) is 247 Å². The molecule has 15 rings (SSSR count). The van der Waals surface area contributed by atoms with Gasteiger partial charge in [0.25, 0.3) is 0 Å². The lowest BCUT2D eigenvalue weighted by atomic mass is 9.76. The molecule has 75 heavy (non-hydrogen) atoms. The van der Waals surface area contributed by atoms with Crippen LogP contribution in [0.1, 0.15) is 83.1 Å². The van der Waals surface area contributed by atoms with Gasteiger partial charge in [-0.25, -0.2) is 0 Å². The van der Waals surface area contributed by atoms with Gasteiger partial charge in [0.05, 0.1) is 33.6 Å². The molecule has 6 nitrogen and oxygen atoms in total. The van der Waals surface area contributed by atoms with Crippen molar-refractivity contribution in [3.63, 3.8) is 0 Å². The summed E-state index contributed by atoms with van der Waals surface area (Å²) >= 11 is 0. The van der Waals surface area contributed by atoms with Crippen LogP contribution in [-0.2, 0) is 27.9 Å². The largest absolute Gasteiger partial charge is 0.494 e. The molecule has 0 aliphatic carbocycles. The van der Waals surface area contributed by atoms with Crippen molar-refractivity contribution in [2.75, 3.05) is 0 Å². The molecule has 0 N–H and O–H groups in total. The summed E-state index contributed by atoms with van der Waals surface area (Å²) in [7, 11) is -0.981. The number of benzene rings is 12. The SMILES string of the molecule is CC1(C)OB(c2cc3ccc4cccc5ccc(c2)c3c45)OC1(C)C.CC1(C)OB(c2cc3ccc4cccc5ccc(c2)c3c45)OC1(C)C.CC1(C)OB(c2cc3ccc4cccc5ccc(c2)c3c45)OC1(C)C. The summed E-state index contributed by atoms with van der Waals surface area (Å²) in [6.07, 6.45) is 0. The van der Waals surface area contributed by atoms with Crippen LogP contribution in [0, 0.1) is 0 Å². The predicted octanol–water partition coefficient (Wildman–Crippen LogP) is 14.6. The van der Waals surface area contributed by atoms with E-state index in [1.165, 1.54) is 97.0 Å². The third-order valence-corrected chi connectivity index (χ3v) is 18.0. The molecule has 3 saturated heterocycles. The van der Waals surface area contributed by atoms with Crippen LogP contribution in [0.5, 0.6) is 0 Å². The summed E-state index contributed by atoms with van der Waals surface area (Å²) in [6.45, 7) is 25.1. The van der Waals surface area contributed by atoms with Crippen LogP contribution in [0.4, 0.5) is 0 Å². The van der Waals surface area contributed by atoms with E-state index in [4.69, 9.17) is 27.9 Å². The summed E-state index contributed by atoms with van der Waals surface area (Å²) in [5.74, 6) is 0. The van der Waals surface area contributed by atoms with Crippen molar-refractivity contribution < 1.29 is 27.9 Å². The lowest BCUT2D eigenvalue weighted by Crippen LogP contribution is -2.41. The lowest BCUT2D eigenvalue weighted by molar-refractivity contribution is 0.00578. The fraction of sp³-hybridized carbons (Fsp3) is 0.273. The zero-order valence-corrected chi connectivity index (χ0v) is 45.3. The average molecular weight is 985 g/mol. The zero-order valence-electron chi connectivity index (χ0n) is 45.3. The minimum absolute atomic E-state index is 0.323. The van der Waals surface area contributed by atoms with Gasteiger partial charge in [-0.3, -0.25) is 0 Å². The van der Waals surface area contributed by atoms with E-state index in [0.29, 0.717) is 0 Å². The van der Waals surface area contributed by atoms with Crippen molar-refractivity contribution in [1.29, 1.82) is 0 Å². The molecule has 0 saturated carbocycles. The van der Waals surface area contributed by atoms with E-state index in [-0.39, 0.29) is 55.0 Å². The van der Waals surface area contributed by atoms with Crippen LogP contribution < -0.4 is 16.4 Å². The topological polar surface area (TPSA) is 55.4 Å². The molecule has 12 aromatic carbocycles. The van der Waals surface area contributed by atoms with Crippen LogP contribution in [0.25, 0.3) is 97.0 Å². The van der Waals surface area contributed by atoms with Crippen molar-refractivity contribution >= 4 is 135 Å². The number of hydrogen-bond acceptors (Lipinski definition) is 6. The Morgan fingerprint density at radius 1 is 0.213 bits per heavy atom. The van der Waals surface area contributed by atoms with E-state index in [1.807, 2.05) is 0 Å². The second-order valence-electron chi connectivity index (χ2n) is 24.4. The first-order valence-corrected chi connectivity index (χ1v) is 26.7. The summed E-state index contributed by atoms with van der Waals surface area (Å²) in [5, 5.41) is 23.2. The van der Waals surface area contributed by atoms with Gasteiger partial charge in [-0.15, -0.1) is 0 Å². The molecule has 0 bridgehead atoms. The molecule has 3 aliphatic heterocycles. The fourth-order valence-corrected chi connectivity index (χ4v) is 11.7. The molecule has 0 radical (unpaired) electrons. The van der Waals surface area contributed by atoms with Gasteiger partial charge in [-0.05, 0) is 196 Å². The molecule has 12 aromatic rings. The Bertz CT molecular complexity index is 3530. The molecule has 9 heteroatoms. The third-order valence-electron chi connectivity index (χ3n) is 18.0. The molecular formula is C66H63B3O6. The zero-order chi connectivity index (χ0) is 52.2. The van der Waals surface area contributed by atoms with Crippen molar-refractivity contribution in [3.8, 4) is 0 Å². The van der Waals surface area contributed by atoms with Gasteiger partial charge >= 0.3 is 21.4 Å². The third kappa shape index (κ3) is 7.71. The Labute approximate surface area is 441 Å². The maximum Gasteiger partial charge on any atom is 0.494 e. The van der Waals surface area contributed by atoms with Gasteiger partial charge in [-0.1, -0.05) is 164 Å². The molecule has 0 spiro atoms. The van der Waals surface area contributed by atoms with Gasteiger partial charge < -0.3 is 27.9 Å². The summed E-state index contributed by atoms with van der Waals surface area (Å²) in [6, 6.07) is 59.3. The summed E-state index contributed by atoms with van der Waals surface area (Å²) in [4.78, 5) is 0. The summed E-state index contributed by atoms with van der Waals surface area (Å²) < 4.78 is 37.5. The normalized spacial score (nSPS) is 19.4. The monoisotopic (exact) mass is 984 g/mol. The van der Waals surface area contributed by atoms with Crippen LogP contribution in [0.15, 0.2) is 164 Å². The highest BCUT2D eigenvalue weighted by Gasteiger charge is 2.54. The van der Waals surface area contributed by atoms with Crippen LogP contribution in [0.3, 0.4) is 0 Å². The smallest absolute Gasteiger partial charge is 0.399 e. The first-order chi connectivity index (χ1) is 35.6. The molecule has 0 unspecified atom stereocenters. The van der Waals surface area contributed by atoms with Crippen molar-refractivity contribution in [2.24, 2.45) is 0 Å². The summed E-state index contributed by atoms with van der Waals surface area (Å²) in [5.41, 5.74) is 1.32. The van der Waals surface area contributed by atoms with Crippen molar-refractivity contribution in [1.82, 2.24) is 0 Å². The maximum atomic E-state index is 6.26. The fourth-order valence-electron chi connectivity index (χ4n) is 11.7. The second kappa shape index (κ2) is 16.6. The van der Waals surface area contributed by atoms with E-state index in [0.717, 1.165) is 16.4 Å². The van der Waals surface area contributed by atoms with Crippen molar-refractivity contribution in [3.05, 3.63) is 164 Å². The van der Waals surface area contributed by atoms with Gasteiger partial charge in [0.15, 0.2) is 0 Å². The molecule has 3 fully saturated rings.